The van der Waals surface area contributed by atoms with Gasteiger partial charge in [-0.25, -0.2) is 0 Å². The van der Waals surface area contributed by atoms with Gasteiger partial charge in [-0.3, -0.25) is 14.4 Å². The van der Waals surface area contributed by atoms with Crippen LogP contribution in [-0.2, 0) is 9.59 Å². The van der Waals surface area contributed by atoms with Gasteiger partial charge in [0.05, 0.1) is 6.04 Å². The first-order valence-corrected chi connectivity index (χ1v) is 12.5. The van der Waals surface area contributed by atoms with Crippen molar-refractivity contribution < 1.29 is 14.4 Å². The molecule has 1 aliphatic heterocycles. The molecule has 2 unspecified atom stereocenters. The minimum Gasteiger partial charge on any atom is -0.352 e. The van der Waals surface area contributed by atoms with Gasteiger partial charge in [-0.1, -0.05) is 62.0 Å². The number of hydrogen-bond acceptors (Lipinski definition) is 5. The highest BCUT2D eigenvalue weighted by Gasteiger charge is 2.32. The van der Waals surface area contributed by atoms with E-state index in [-0.39, 0.29) is 36.1 Å². The van der Waals surface area contributed by atoms with Gasteiger partial charge in [0.1, 0.15) is 5.25 Å². The van der Waals surface area contributed by atoms with Crippen molar-refractivity contribution in [3.05, 3.63) is 65.7 Å². The molecule has 0 saturated heterocycles. The Bertz CT molecular complexity index is 1050. The summed E-state index contributed by atoms with van der Waals surface area (Å²) in [6.07, 6.45) is 0.0254. The highest BCUT2D eigenvalue weighted by atomic mass is 32.2. The highest BCUT2D eigenvalue weighted by molar-refractivity contribution is 8.15. The van der Waals surface area contributed by atoms with E-state index in [0.717, 1.165) is 18.7 Å². The van der Waals surface area contributed by atoms with Crippen molar-refractivity contribution in [3.63, 3.8) is 0 Å². The van der Waals surface area contributed by atoms with E-state index in [2.05, 4.69) is 29.5 Å². The minimum atomic E-state index is -0.528. The van der Waals surface area contributed by atoms with Crippen molar-refractivity contribution in [1.29, 1.82) is 0 Å². The fraction of sp³-hybridized carbons (Fsp3) is 0.385. The summed E-state index contributed by atoms with van der Waals surface area (Å²) in [4.78, 5) is 44.0. The molecule has 7 nitrogen and oxygen atoms in total. The fourth-order valence-corrected chi connectivity index (χ4v) is 4.97. The summed E-state index contributed by atoms with van der Waals surface area (Å²) in [6.45, 7) is 9.64. The molecule has 0 saturated carbocycles. The molecule has 2 N–H and O–H groups in total. The lowest BCUT2D eigenvalue weighted by molar-refractivity contribution is -0.121. The summed E-state index contributed by atoms with van der Waals surface area (Å²) in [5.41, 5.74) is 2.01. The van der Waals surface area contributed by atoms with Gasteiger partial charge < -0.3 is 15.5 Å². The third-order valence-electron chi connectivity index (χ3n) is 5.65. The first kappa shape index (κ1) is 25.5. The maximum atomic E-state index is 13.0. The molecule has 2 aromatic carbocycles. The smallest absolute Gasteiger partial charge is 0.262 e. The second-order valence-corrected chi connectivity index (χ2v) is 9.62. The van der Waals surface area contributed by atoms with Crippen molar-refractivity contribution in [3.8, 4) is 0 Å². The van der Waals surface area contributed by atoms with Gasteiger partial charge in [0.15, 0.2) is 5.17 Å². The number of nitrogens with one attached hydrogen (secondary N) is 2. The van der Waals surface area contributed by atoms with Crippen LogP contribution in [0.3, 0.4) is 0 Å². The first-order valence-electron chi connectivity index (χ1n) is 11.6. The van der Waals surface area contributed by atoms with Crippen molar-refractivity contribution in [2.45, 2.75) is 45.4 Å². The van der Waals surface area contributed by atoms with Crippen LogP contribution in [0.1, 0.15) is 56.1 Å². The summed E-state index contributed by atoms with van der Waals surface area (Å²) in [5.74, 6) is -0.573. The number of benzene rings is 2. The Labute approximate surface area is 205 Å². The van der Waals surface area contributed by atoms with E-state index in [0.29, 0.717) is 16.4 Å². The summed E-state index contributed by atoms with van der Waals surface area (Å²) in [6, 6.07) is 16.6. The van der Waals surface area contributed by atoms with E-state index in [9.17, 15) is 14.4 Å². The molecule has 3 rings (SSSR count). The molecular formula is C26H32N4O3S. The SMILES string of the molecule is CCN(CC)C1=NC(=O)C(CC(=O)Nc2cccc(C(=O)NC(c3ccccc3)C(C)C)c2)S1. The van der Waals surface area contributed by atoms with Crippen LogP contribution >= 0.6 is 11.8 Å². The quantitative estimate of drug-likeness (QED) is 0.552. The molecule has 8 heteroatoms. The summed E-state index contributed by atoms with van der Waals surface area (Å²) < 4.78 is 0. The average molecular weight is 481 g/mol. The van der Waals surface area contributed by atoms with E-state index in [1.54, 1.807) is 24.3 Å². The molecule has 0 radical (unpaired) electrons. The zero-order chi connectivity index (χ0) is 24.7. The molecular weight excluding hydrogens is 448 g/mol. The zero-order valence-electron chi connectivity index (χ0n) is 20.1. The van der Waals surface area contributed by atoms with Crippen LogP contribution in [0.15, 0.2) is 59.6 Å². The second kappa shape index (κ2) is 11.8. The third-order valence-corrected chi connectivity index (χ3v) is 6.87. The number of amides is 3. The number of aliphatic imine (C=N–C) groups is 1. The van der Waals surface area contributed by atoms with Gasteiger partial charge in [-0.2, -0.15) is 4.99 Å². The number of hydrogen-bond donors (Lipinski definition) is 2. The van der Waals surface area contributed by atoms with Crippen molar-refractivity contribution >= 4 is 40.3 Å². The second-order valence-electron chi connectivity index (χ2n) is 8.45. The van der Waals surface area contributed by atoms with Gasteiger partial charge in [0.2, 0.25) is 5.91 Å². The maximum Gasteiger partial charge on any atom is 0.262 e. The Morgan fingerprint density at radius 3 is 2.41 bits per heavy atom. The van der Waals surface area contributed by atoms with E-state index < -0.39 is 5.25 Å². The lowest BCUT2D eigenvalue weighted by atomic mass is 9.95. The fourth-order valence-electron chi connectivity index (χ4n) is 3.78. The molecule has 34 heavy (non-hydrogen) atoms. The zero-order valence-corrected chi connectivity index (χ0v) is 20.9. The molecule has 0 fully saturated rings. The maximum absolute atomic E-state index is 13.0. The van der Waals surface area contributed by atoms with Crippen molar-refractivity contribution in [2.75, 3.05) is 18.4 Å². The largest absolute Gasteiger partial charge is 0.352 e. The minimum absolute atomic E-state index is 0.0254. The topological polar surface area (TPSA) is 90.9 Å². The van der Waals surface area contributed by atoms with E-state index in [1.807, 2.05) is 49.1 Å². The molecule has 1 heterocycles. The Kier molecular flexibility index (Phi) is 8.87. The third kappa shape index (κ3) is 6.47. The molecule has 0 aliphatic carbocycles. The number of amidine groups is 1. The molecule has 2 atom stereocenters. The molecule has 0 bridgehead atoms. The van der Waals surface area contributed by atoms with Crippen LogP contribution < -0.4 is 10.6 Å². The normalized spacial score (nSPS) is 16.2. The molecule has 1 aliphatic rings. The predicted octanol–water partition coefficient (Wildman–Crippen LogP) is 4.48. The number of nitrogens with zero attached hydrogens (tertiary/aromatic N) is 2. The number of thioether (sulfide) groups is 1. The summed E-state index contributed by atoms with van der Waals surface area (Å²) in [7, 11) is 0. The Morgan fingerprint density at radius 2 is 1.76 bits per heavy atom. The highest BCUT2D eigenvalue weighted by Crippen LogP contribution is 2.28. The predicted molar refractivity (Wildman–Crippen MR) is 138 cm³/mol. The monoisotopic (exact) mass is 480 g/mol. The van der Waals surface area contributed by atoms with E-state index in [4.69, 9.17) is 0 Å². The van der Waals surface area contributed by atoms with Gasteiger partial charge in [0.25, 0.3) is 11.8 Å². The summed E-state index contributed by atoms with van der Waals surface area (Å²) >= 11 is 1.33. The van der Waals surface area contributed by atoms with Crippen molar-refractivity contribution in [1.82, 2.24) is 10.2 Å². The average Bonchev–Trinajstić information content (AvgIpc) is 3.18. The number of carbonyl (C=O) groups is 3. The molecule has 2 aromatic rings. The number of carbonyl (C=O) groups excluding carboxylic acids is 3. The van der Waals surface area contributed by atoms with Gasteiger partial charge >= 0.3 is 0 Å². The standard InChI is InChI=1S/C26H32N4O3S/c1-5-30(6-2)26-29-25(33)21(34-26)16-22(31)27-20-14-10-13-19(15-20)24(32)28-23(17(3)4)18-11-8-7-9-12-18/h7-15,17,21,23H,5-6,16H2,1-4H3,(H,27,31)(H,28,32). The van der Waals surface area contributed by atoms with Crippen molar-refractivity contribution in [2.24, 2.45) is 10.9 Å². The van der Waals surface area contributed by atoms with Crippen LogP contribution in [0.2, 0.25) is 0 Å². The van der Waals surface area contributed by atoms with Crippen LogP contribution in [0.25, 0.3) is 0 Å². The van der Waals surface area contributed by atoms with Crippen LogP contribution in [-0.4, -0.2) is 46.1 Å². The lowest BCUT2D eigenvalue weighted by Gasteiger charge is -2.23. The Balaban J connectivity index is 1.61. The van der Waals surface area contributed by atoms with Gasteiger partial charge in [0, 0.05) is 30.8 Å². The number of anilines is 1. The Hall–Kier alpha value is -3.13. The summed E-state index contributed by atoms with van der Waals surface area (Å²) in [5, 5.41) is 6.06. The molecule has 0 spiro atoms. The Morgan fingerprint density at radius 1 is 1.06 bits per heavy atom. The lowest BCUT2D eigenvalue weighted by Crippen LogP contribution is -2.31. The first-order chi connectivity index (χ1) is 16.3. The van der Waals surface area contributed by atoms with Crippen LogP contribution in [0, 0.1) is 5.92 Å². The van der Waals surface area contributed by atoms with Crippen LogP contribution in [0.4, 0.5) is 5.69 Å². The van der Waals surface area contributed by atoms with E-state index in [1.165, 1.54) is 11.8 Å². The molecule has 3 amide bonds. The number of rotatable bonds is 9. The van der Waals surface area contributed by atoms with E-state index >= 15 is 0 Å². The molecule has 0 aromatic heterocycles. The van der Waals surface area contributed by atoms with Gasteiger partial charge in [-0.05, 0) is 43.5 Å². The van der Waals surface area contributed by atoms with Crippen LogP contribution in [0.5, 0.6) is 0 Å². The van der Waals surface area contributed by atoms with Gasteiger partial charge in [-0.15, -0.1) is 0 Å². The molecule has 180 valence electrons.